The van der Waals surface area contributed by atoms with Crippen molar-refractivity contribution in [3.05, 3.63) is 35.3 Å². The molecule has 1 amide bonds. The van der Waals surface area contributed by atoms with E-state index in [-0.39, 0.29) is 5.91 Å². The summed E-state index contributed by atoms with van der Waals surface area (Å²) in [6.45, 7) is 5.17. The third-order valence-corrected chi connectivity index (χ3v) is 5.58. The molecule has 0 bridgehead atoms. The normalized spacial score (nSPS) is 19.0. The molecule has 0 radical (unpaired) electrons. The molecule has 2 aliphatic rings. The second kappa shape index (κ2) is 7.59. The maximum Gasteiger partial charge on any atom is 0.234 e. The van der Waals surface area contributed by atoms with Crippen LogP contribution in [-0.4, -0.2) is 64.7 Å². The molecule has 2 aromatic rings. The third kappa shape index (κ3) is 4.62. The molecule has 0 spiro atoms. The van der Waals surface area contributed by atoms with Gasteiger partial charge in [-0.2, -0.15) is 0 Å². The lowest BCUT2D eigenvalue weighted by molar-refractivity contribution is -0.122. The van der Waals surface area contributed by atoms with Crippen molar-refractivity contribution in [3.63, 3.8) is 0 Å². The van der Waals surface area contributed by atoms with Crippen LogP contribution < -0.4 is 5.32 Å². The Labute approximate surface area is 151 Å². The first-order valence-electron chi connectivity index (χ1n) is 8.88. The SMILES string of the molecule is O=C(CN1CCN(Cc2nnc(-c3ccccc3)s2)CC1)NC1CC1. The Morgan fingerprint density at radius 2 is 1.80 bits per heavy atom. The van der Waals surface area contributed by atoms with Crippen LogP contribution in [-0.2, 0) is 11.3 Å². The van der Waals surface area contributed by atoms with Crippen molar-refractivity contribution in [2.45, 2.75) is 25.4 Å². The fourth-order valence-corrected chi connectivity index (χ4v) is 3.90. The molecular formula is C18H23N5OS. The first kappa shape index (κ1) is 16.6. The summed E-state index contributed by atoms with van der Waals surface area (Å²) in [6, 6.07) is 10.6. The Kier molecular flexibility index (Phi) is 5.05. The summed E-state index contributed by atoms with van der Waals surface area (Å²) in [4.78, 5) is 16.5. The van der Waals surface area contributed by atoms with Crippen molar-refractivity contribution in [1.82, 2.24) is 25.3 Å². The van der Waals surface area contributed by atoms with E-state index < -0.39 is 0 Å². The standard InChI is InChI=1S/C18H23N5OS/c24-16(19-15-6-7-15)12-22-8-10-23(11-9-22)13-17-20-21-18(25-17)14-4-2-1-3-5-14/h1-5,15H,6-13H2,(H,19,24). The lowest BCUT2D eigenvalue weighted by atomic mass is 10.2. The molecule has 1 aromatic carbocycles. The van der Waals surface area contributed by atoms with Crippen LogP contribution in [0.25, 0.3) is 10.6 Å². The number of carbonyl (C=O) groups is 1. The van der Waals surface area contributed by atoms with E-state index in [9.17, 15) is 4.79 Å². The average Bonchev–Trinajstić information content (AvgIpc) is 3.32. The fraction of sp³-hybridized carbons (Fsp3) is 0.500. The van der Waals surface area contributed by atoms with Gasteiger partial charge in [0.25, 0.3) is 0 Å². The zero-order valence-electron chi connectivity index (χ0n) is 14.2. The maximum atomic E-state index is 11.9. The van der Waals surface area contributed by atoms with E-state index in [0.29, 0.717) is 12.6 Å². The molecule has 7 heteroatoms. The van der Waals surface area contributed by atoms with Gasteiger partial charge in [0, 0.05) is 37.8 Å². The zero-order chi connectivity index (χ0) is 17.1. The molecule has 1 saturated heterocycles. The highest BCUT2D eigenvalue weighted by Gasteiger charge is 2.25. The highest BCUT2D eigenvalue weighted by molar-refractivity contribution is 7.14. The summed E-state index contributed by atoms with van der Waals surface area (Å²) in [5.41, 5.74) is 1.12. The number of nitrogens with one attached hydrogen (secondary N) is 1. The van der Waals surface area contributed by atoms with Gasteiger partial charge in [0.1, 0.15) is 10.0 Å². The van der Waals surface area contributed by atoms with Crippen LogP contribution >= 0.6 is 11.3 Å². The molecule has 2 heterocycles. The number of piperazine rings is 1. The average molecular weight is 357 g/mol. The van der Waals surface area contributed by atoms with Gasteiger partial charge in [-0.25, -0.2) is 0 Å². The highest BCUT2D eigenvalue weighted by Crippen LogP contribution is 2.24. The monoisotopic (exact) mass is 357 g/mol. The van der Waals surface area contributed by atoms with Crippen LogP contribution in [0.15, 0.2) is 30.3 Å². The van der Waals surface area contributed by atoms with E-state index in [1.165, 1.54) is 0 Å². The fourth-order valence-electron chi connectivity index (χ4n) is 3.02. The van der Waals surface area contributed by atoms with E-state index in [2.05, 4.69) is 37.4 Å². The van der Waals surface area contributed by atoms with Crippen LogP contribution in [0.3, 0.4) is 0 Å². The Bertz CT molecular complexity index is 707. The number of aromatic nitrogens is 2. The number of rotatable bonds is 6. The van der Waals surface area contributed by atoms with Gasteiger partial charge in [-0.3, -0.25) is 14.6 Å². The van der Waals surface area contributed by atoms with Crippen molar-refractivity contribution in [1.29, 1.82) is 0 Å². The predicted molar refractivity (Wildman–Crippen MR) is 98.2 cm³/mol. The Hall–Kier alpha value is -1.83. The molecule has 1 N–H and O–H groups in total. The minimum absolute atomic E-state index is 0.174. The molecule has 0 atom stereocenters. The molecule has 1 aliphatic heterocycles. The second-order valence-corrected chi connectivity index (χ2v) is 7.82. The minimum atomic E-state index is 0.174. The Morgan fingerprint density at radius 1 is 1.08 bits per heavy atom. The van der Waals surface area contributed by atoms with Gasteiger partial charge in [-0.15, -0.1) is 10.2 Å². The smallest absolute Gasteiger partial charge is 0.234 e. The predicted octanol–water partition coefficient (Wildman–Crippen LogP) is 1.60. The molecule has 25 heavy (non-hydrogen) atoms. The van der Waals surface area contributed by atoms with Gasteiger partial charge >= 0.3 is 0 Å². The van der Waals surface area contributed by atoms with Crippen LogP contribution in [0, 0.1) is 0 Å². The van der Waals surface area contributed by atoms with E-state index in [1.807, 2.05) is 18.2 Å². The summed E-state index contributed by atoms with van der Waals surface area (Å²) in [5, 5.41) is 13.8. The van der Waals surface area contributed by atoms with Gasteiger partial charge in [0.15, 0.2) is 0 Å². The molecule has 132 valence electrons. The van der Waals surface area contributed by atoms with Crippen molar-refractivity contribution < 1.29 is 4.79 Å². The zero-order valence-corrected chi connectivity index (χ0v) is 15.0. The molecule has 4 rings (SSSR count). The summed E-state index contributed by atoms with van der Waals surface area (Å²) < 4.78 is 0. The van der Waals surface area contributed by atoms with Crippen molar-refractivity contribution in [3.8, 4) is 10.6 Å². The van der Waals surface area contributed by atoms with E-state index >= 15 is 0 Å². The first-order chi connectivity index (χ1) is 12.3. The quantitative estimate of drug-likeness (QED) is 0.851. The summed E-state index contributed by atoms with van der Waals surface area (Å²) >= 11 is 1.66. The second-order valence-electron chi connectivity index (χ2n) is 6.76. The minimum Gasteiger partial charge on any atom is -0.352 e. The van der Waals surface area contributed by atoms with Crippen LogP contribution in [0.1, 0.15) is 17.8 Å². The van der Waals surface area contributed by atoms with Crippen LogP contribution in [0.4, 0.5) is 0 Å². The number of hydrogen-bond donors (Lipinski definition) is 1. The van der Waals surface area contributed by atoms with E-state index in [1.54, 1.807) is 11.3 Å². The van der Waals surface area contributed by atoms with Crippen molar-refractivity contribution in [2.24, 2.45) is 0 Å². The highest BCUT2D eigenvalue weighted by atomic mass is 32.1. The lowest BCUT2D eigenvalue weighted by Gasteiger charge is -2.33. The Balaban J connectivity index is 1.24. The van der Waals surface area contributed by atoms with Crippen LogP contribution in [0.5, 0.6) is 0 Å². The number of amides is 1. The molecule has 2 fully saturated rings. The van der Waals surface area contributed by atoms with Gasteiger partial charge in [0.2, 0.25) is 5.91 Å². The summed E-state index contributed by atoms with van der Waals surface area (Å²) in [5.74, 6) is 0.174. The summed E-state index contributed by atoms with van der Waals surface area (Å²) in [7, 11) is 0. The Morgan fingerprint density at radius 3 is 2.52 bits per heavy atom. The topological polar surface area (TPSA) is 61.4 Å². The van der Waals surface area contributed by atoms with Crippen molar-refractivity contribution >= 4 is 17.2 Å². The molecule has 0 unspecified atom stereocenters. The number of nitrogens with zero attached hydrogens (tertiary/aromatic N) is 4. The van der Waals surface area contributed by atoms with Gasteiger partial charge < -0.3 is 5.32 Å². The van der Waals surface area contributed by atoms with Gasteiger partial charge in [-0.1, -0.05) is 41.7 Å². The molecule has 1 saturated carbocycles. The number of carbonyl (C=O) groups excluding carboxylic acids is 1. The van der Waals surface area contributed by atoms with Gasteiger partial charge in [0.05, 0.1) is 13.1 Å². The van der Waals surface area contributed by atoms with Crippen molar-refractivity contribution in [2.75, 3.05) is 32.7 Å². The number of hydrogen-bond acceptors (Lipinski definition) is 6. The summed E-state index contributed by atoms with van der Waals surface area (Å²) in [6.07, 6.45) is 2.29. The molecule has 1 aromatic heterocycles. The molecule has 6 nitrogen and oxygen atoms in total. The maximum absolute atomic E-state index is 11.9. The van der Waals surface area contributed by atoms with Gasteiger partial charge in [-0.05, 0) is 12.8 Å². The largest absolute Gasteiger partial charge is 0.352 e. The third-order valence-electron chi connectivity index (χ3n) is 4.62. The van der Waals surface area contributed by atoms with Crippen LogP contribution in [0.2, 0.25) is 0 Å². The van der Waals surface area contributed by atoms with E-state index in [4.69, 9.17) is 0 Å². The molecule has 1 aliphatic carbocycles. The first-order valence-corrected chi connectivity index (χ1v) is 9.70. The molecular weight excluding hydrogens is 334 g/mol. The van der Waals surface area contributed by atoms with E-state index in [0.717, 1.165) is 61.1 Å². The number of benzene rings is 1. The lowest BCUT2D eigenvalue weighted by Crippen LogP contribution is -2.49.